The Balaban J connectivity index is 2.77. The van der Waals surface area contributed by atoms with E-state index in [0.29, 0.717) is 24.7 Å². The van der Waals surface area contributed by atoms with Gasteiger partial charge in [-0.05, 0) is 24.5 Å². The molecule has 2 N–H and O–H groups in total. The summed E-state index contributed by atoms with van der Waals surface area (Å²) in [6.07, 6.45) is 3.84. The van der Waals surface area contributed by atoms with Crippen molar-refractivity contribution in [1.29, 1.82) is 0 Å². The van der Waals surface area contributed by atoms with Gasteiger partial charge in [-0.2, -0.15) is 0 Å². The lowest BCUT2D eigenvalue weighted by Gasteiger charge is -2.18. The molecule has 1 aromatic rings. The van der Waals surface area contributed by atoms with Crippen molar-refractivity contribution in [1.82, 2.24) is 10.3 Å². The molecule has 0 radical (unpaired) electrons. The van der Waals surface area contributed by atoms with Crippen molar-refractivity contribution < 1.29 is 14.6 Å². The van der Waals surface area contributed by atoms with Crippen LogP contribution >= 0.6 is 0 Å². The lowest BCUT2D eigenvalue weighted by atomic mass is 10.0. The van der Waals surface area contributed by atoms with E-state index in [2.05, 4.69) is 16.9 Å². The number of nitrogens with one attached hydrogen (secondary N) is 1. The number of hydrogen-bond donors (Lipinski definition) is 2. The number of aliphatic hydroxyl groups is 1. The molecule has 20 heavy (non-hydrogen) atoms. The first-order valence-electron chi connectivity index (χ1n) is 6.68. The minimum atomic E-state index is -0.343. The van der Waals surface area contributed by atoms with Gasteiger partial charge in [0.05, 0.1) is 12.6 Å². The van der Waals surface area contributed by atoms with Gasteiger partial charge in [0.2, 0.25) is 0 Å². The zero-order valence-corrected chi connectivity index (χ0v) is 12.0. The molecular weight excluding hydrogens is 256 g/mol. The lowest BCUT2D eigenvalue weighted by molar-refractivity contribution is 0.0899. The van der Waals surface area contributed by atoms with Gasteiger partial charge in [0.25, 0.3) is 5.91 Å². The Morgan fingerprint density at radius 3 is 2.95 bits per heavy atom. The van der Waals surface area contributed by atoms with Crippen LogP contribution in [0.25, 0.3) is 0 Å². The average Bonchev–Trinajstić information content (AvgIpc) is 2.44. The van der Waals surface area contributed by atoms with E-state index in [0.717, 1.165) is 0 Å². The van der Waals surface area contributed by atoms with Crippen LogP contribution in [0.15, 0.2) is 31.0 Å². The SMILES string of the molecule is C=CCOc1cccnc1C(=O)NC(CO)CC(C)C. The lowest BCUT2D eigenvalue weighted by Crippen LogP contribution is -2.39. The summed E-state index contributed by atoms with van der Waals surface area (Å²) in [6.45, 7) is 7.85. The normalized spacial score (nSPS) is 12.0. The molecule has 0 aromatic carbocycles. The van der Waals surface area contributed by atoms with E-state index in [1.54, 1.807) is 18.2 Å². The highest BCUT2D eigenvalue weighted by Crippen LogP contribution is 2.16. The molecule has 0 aliphatic carbocycles. The van der Waals surface area contributed by atoms with Crippen molar-refractivity contribution in [3.8, 4) is 5.75 Å². The number of carbonyl (C=O) groups is 1. The summed E-state index contributed by atoms with van der Waals surface area (Å²) in [5.41, 5.74) is 0.219. The van der Waals surface area contributed by atoms with Crippen LogP contribution in [0.3, 0.4) is 0 Å². The van der Waals surface area contributed by atoms with Crippen LogP contribution in [0.2, 0.25) is 0 Å². The zero-order valence-electron chi connectivity index (χ0n) is 12.0. The van der Waals surface area contributed by atoms with Crippen molar-refractivity contribution in [3.63, 3.8) is 0 Å². The van der Waals surface area contributed by atoms with Crippen molar-refractivity contribution in [2.24, 2.45) is 5.92 Å². The molecule has 0 aliphatic heterocycles. The molecule has 1 aromatic heterocycles. The third-order valence-corrected chi connectivity index (χ3v) is 2.65. The van der Waals surface area contributed by atoms with Crippen LogP contribution < -0.4 is 10.1 Å². The molecule has 1 rings (SSSR count). The van der Waals surface area contributed by atoms with E-state index >= 15 is 0 Å². The molecule has 1 atom stereocenters. The summed E-state index contributed by atoms with van der Waals surface area (Å²) in [5, 5.41) is 12.1. The maximum atomic E-state index is 12.2. The van der Waals surface area contributed by atoms with Gasteiger partial charge in [-0.15, -0.1) is 0 Å². The molecule has 0 aliphatic rings. The molecule has 1 unspecified atom stereocenters. The highest BCUT2D eigenvalue weighted by atomic mass is 16.5. The van der Waals surface area contributed by atoms with Gasteiger partial charge in [0.15, 0.2) is 11.4 Å². The van der Waals surface area contributed by atoms with E-state index < -0.39 is 0 Å². The summed E-state index contributed by atoms with van der Waals surface area (Å²) in [7, 11) is 0. The standard InChI is InChI=1S/C15H22N2O3/c1-4-8-20-13-6-5-7-16-14(13)15(19)17-12(10-18)9-11(2)3/h4-7,11-12,18H,1,8-10H2,2-3H3,(H,17,19). The first-order chi connectivity index (χ1) is 9.58. The number of amides is 1. The van der Waals surface area contributed by atoms with Crippen molar-refractivity contribution in [2.45, 2.75) is 26.3 Å². The van der Waals surface area contributed by atoms with Gasteiger partial charge in [-0.3, -0.25) is 4.79 Å². The van der Waals surface area contributed by atoms with Gasteiger partial charge in [0, 0.05) is 6.20 Å². The minimum Gasteiger partial charge on any atom is -0.487 e. The molecule has 0 saturated carbocycles. The van der Waals surface area contributed by atoms with Gasteiger partial charge >= 0.3 is 0 Å². The summed E-state index contributed by atoms with van der Waals surface area (Å²) < 4.78 is 5.40. The fraction of sp³-hybridized carbons (Fsp3) is 0.467. The Kier molecular flexibility index (Phi) is 6.73. The van der Waals surface area contributed by atoms with E-state index in [-0.39, 0.29) is 24.2 Å². The van der Waals surface area contributed by atoms with Crippen LogP contribution in [0, 0.1) is 5.92 Å². The first kappa shape index (κ1) is 16.2. The fourth-order valence-corrected chi connectivity index (χ4v) is 1.83. The maximum absolute atomic E-state index is 12.2. The predicted molar refractivity (Wildman–Crippen MR) is 77.7 cm³/mol. The molecular formula is C15H22N2O3. The number of aromatic nitrogens is 1. The highest BCUT2D eigenvalue weighted by Gasteiger charge is 2.18. The van der Waals surface area contributed by atoms with Crippen LogP contribution in [-0.2, 0) is 0 Å². The summed E-state index contributed by atoms with van der Waals surface area (Å²) >= 11 is 0. The van der Waals surface area contributed by atoms with Gasteiger partial charge < -0.3 is 15.2 Å². The molecule has 110 valence electrons. The van der Waals surface area contributed by atoms with Crippen molar-refractivity contribution in [3.05, 3.63) is 36.7 Å². The average molecular weight is 278 g/mol. The van der Waals surface area contributed by atoms with E-state index in [1.807, 2.05) is 13.8 Å². The Morgan fingerprint density at radius 1 is 1.60 bits per heavy atom. The van der Waals surface area contributed by atoms with Gasteiger partial charge in [0.1, 0.15) is 6.61 Å². The molecule has 5 heteroatoms. The highest BCUT2D eigenvalue weighted by molar-refractivity contribution is 5.95. The number of pyridine rings is 1. The fourth-order valence-electron chi connectivity index (χ4n) is 1.83. The first-order valence-corrected chi connectivity index (χ1v) is 6.68. The monoisotopic (exact) mass is 278 g/mol. The number of aliphatic hydroxyl groups excluding tert-OH is 1. The Morgan fingerprint density at radius 2 is 2.35 bits per heavy atom. The second-order valence-electron chi connectivity index (χ2n) is 4.93. The van der Waals surface area contributed by atoms with Crippen LogP contribution in [0.4, 0.5) is 0 Å². The van der Waals surface area contributed by atoms with Gasteiger partial charge in [-0.1, -0.05) is 26.5 Å². The quantitative estimate of drug-likeness (QED) is 0.711. The Bertz CT molecular complexity index is 446. The Labute approximate surface area is 119 Å². The van der Waals surface area contributed by atoms with Crippen LogP contribution in [0.1, 0.15) is 30.8 Å². The Hall–Kier alpha value is -1.88. The number of carbonyl (C=O) groups excluding carboxylic acids is 1. The van der Waals surface area contributed by atoms with Crippen LogP contribution in [-0.4, -0.2) is 35.3 Å². The van der Waals surface area contributed by atoms with E-state index in [4.69, 9.17) is 4.74 Å². The summed E-state index contributed by atoms with van der Waals surface area (Å²) in [6, 6.07) is 3.10. The number of rotatable bonds is 8. The second kappa shape index (κ2) is 8.32. The smallest absolute Gasteiger partial charge is 0.274 e. The van der Waals surface area contributed by atoms with Crippen molar-refractivity contribution in [2.75, 3.05) is 13.2 Å². The molecule has 1 heterocycles. The molecule has 0 fully saturated rings. The van der Waals surface area contributed by atoms with Gasteiger partial charge in [-0.25, -0.2) is 4.98 Å². The topological polar surface area (TPSA) is 71.5 Å². The summed E-state index contributed by atoms with van der Waals surface area (Å²) in [5.74, 6) is 0.447. The van der Waals surface area contributed by atoms with E-state index in [1.165, 1.54) is 6.20 Å². The van der Waals surface area contributed by atoms with Crippen molar-refractivity contribution >= 4 is 5.91 Å². The third kappa shape index (κ3) is 5.01. The second-order valence-corrected chi connectivity index (χ2v) is 4.93. The molecule has 5 nitrogen and oxygen atoms in total. The van der Waals surface area contributed by atoms with Crippen LogP contribution in [0.5, 0.6) is 5.75 Å². The summed E-state index contributed by atoms with van der Waals surface area (Å²) in [4.78, 5) is 16.2. The molecule has 1 amide bonds. The number of nitrogens with zero attached hydrogens (tertiary/aromatic N) is 1. The number of ether oxygens (including phenoxy) is 1. The zero-order chi connectivity index (χ0) is 15.0. The predicted octanol–water partition coefficient (Wildman–Crippen LogP) is 1.78. The minimum absolute atomic E-state index is 0.0976. The largest absolute Gasteiger partial charge is 0.487 e. The third-order valence-electron chi connectivity index (χ3n) is 2.65. The molecule has 0 spiro atoms. The maximum Gasteiger partial charge on any atom is 0.274 e. The molecule has 0 bridgehead atoms. The molecule has 0 saturated heterocycles. The van der Waals surface area contributed by atoms with E-state index in [9.17, 15) is 9.90 Å². The number of hydrogen-bond acceptors (Lipinski definition) is 4.